The van der Waals surface area contributed by atoms with Gasteiger partial charge in [-0.2, -0.15) is 0 Å². The van der Waals surface area contributed by atoms with E-state index in [1.807, 2.05) is 0 Å². The van der Waals surface area contributed by atoms with Gasteiger partial charge in [-0.05, 0) is 26.0 Å². The molecule has 0 aliphatic carbocycles. The highest BCUT2D eigenvalue weighted by atomic mass is 32.1. The van der Waals surface area contributed by atoms with Crippen molar-refractivity contribution >= 4 is 27.9 Å². The Kier molecular flexibility index (Phi) is 3.91. The van der Waals surface area contributed by atoms with Gasteiger partial charge in [0.2, 0.25) is 4.96 Å². The topological polar surface area (TPSA) is 68.5 Å². The number of rotatable bonds is 3. The number of anilines is 1. The molecule has 0 saturated carbocycles. The van der Waals surface area contributed by atoms with Crippen molar-refractivity contribution in [2.45, 2.75) is 20.2 Å². The standard InChI is InChI=1S/C14H11F3N4O2S/c1-7-11(24-13-20-19-8(2)21(7)13)12(22)18-9-4-3-5-10(6-9)23-14(15,16)17/h3-6H,1-2H3,(H,18,22). The van der Waals surface area contributed by atoms with Crippen molar-refractivity contribution in [3.05, 3.63) is 40.7 Å². The monoisotopic (exact) mass is 356 g/mol. The minimum atomic E-state index is -4.79. The molecule has 1 N–H and O–H groups in total. The summed E-state index contributed by atoms with van der Waals surface area (Å²) < 4.78 is 42.3. The molecular formula is C14H11F3N4O2S. The molecule has 2 aromatic heterocycles. The van der Waals surface area contributed by atoms with E-state index in [1.165, 1.54) is 12.1 Å². The van der Waals surface area contributed by atoms with Gasteiger partial charge >= 0.3 is 6.36 Å². The van der Waals surface area contributed by atoms with Crippen molar-refractivity contribution in [1.29, 1.82) is 0 Å². The van der Waals surface area contributed by atoms with Crippen LogP contribution in [0.4, 0.5) is 18.9 Å². The number of nitrogens with one attached hydrogen (secondary N) is 1. The van der Waals surface area contributed by atoms with E-state index in [4.69, 9.17) is 0 Å². The van der Waals surface area contributed by atoms with E-state index in [1.54, 1.807) is 18.2 Å². The van der Waals surface area contributed by atoms with Crippen molar-refractivity contribution in [1.82, 2.24) is 14.6 Å². The van der Waals surface area contributed by atoms with Gasteiger partial charge in [0.1, 0.15) is 16.5 Å². The SMILES string of the molecule is Cc1nnc2sc(C(=O)Nc3cccc(OC(F)(F)F)c3)c(C)n12. The summed E-state index contributed by atoms with van der Waals surface area (Å²) in [5.74, 6) is -0.192. The first kappa shape index (κ1) is 16.2. The first-order valence-corrected chi connectivity index (χ1v) is 7.54. The van der Waals surface area contributed by atoms with Crippen LogP contribution in [0.15, 0.2) is 24.3 Å². The second kappa shape index (κ2) is 5.78. The number of halogens is 3. The summed E-state index contributed by atoms with van der Waals surface area (Å²) in [4.78, 5) is 13.4. The van der Waals surface area contributed by atoms with Crippen molar-refractivity contribution in [3.63, 3.8) is 0 Å². The van der Waals surface area contributed by atoms with E-state index < -0.39 is 18.0 Å². The number of hydrogen-bond donors (Lipinski definition) is 1. The van der Waals surface area contributed by atoms with Crippen LogP contribution in [0.25, 0.3) is 4.96 Å². The lowest BCUT2D eigenvalue weighted by Gasteiger charge is -2.10. The number of alkyl halides is 3. The Hall–Kier alpha value is -2.62. The molecule has 1 aromatic carbocycles. The van der Waals surface area contributed by atoms with Crippen LogP contribution in [0.1, 0.15) is 21.2 Å². The van der Waals surface area contributed by atoms with Gasteiger partial charge in [-0.1, -0.05) is 17.4 Å². The molecule has 3 aromatic rings. The van der Waals surface area contributed by atoms with Crippen LogP contribution >= 0.6 is 11.3 Å². The average molecular weight is 356 g/mol. The highest BCUT2D eigenvalue weighted by Gasteiger charge is 2.31. The van der Waals surface area contributed by atoms with Crippen LogP contribution in [-0.2, 0) is 0 Å². The van der Waals surface area contributed by atoms with Crippen molar-refractivity contribution in [2.75, 3.05) is 5.32 Å². The lowest BCUT2D eigenvalue weighted by molar-refractivity contribution is -0.274. The number of carbonyl (C=O) groups excluding carboxylic acids is 1. The summed E-state index contributed by atoms with van der Waals surface area (Å²) >= 11 is 1.15. The molecule has 0 radical (unpaired) electrons. The molecule has 0 spiro atoms. The van der Waals surface area contributed by atoms with E-state index in [9.17, 15) is 18.0 Å². The normalized spacial score (nSPS) is 11.7. The zero-order valence-corrected chi connectivity index (χ0v) is 13.3. The summed E-state index contributed by atoms with van der Waals surface area (Å²) in [6.07, 6.45) is -4.79. The maximum atomic E-state index is 12.4. The molecule has 0 bridgehead atoms. The number of carbonyl (C=O) groups is 1. The maximum absolute atomic E-state index is 12.4. The number of benzene rings is 1. The molecule has 0 saturated heterocycles. The highest BCUT2D eigenvalue weighted by Crippen LogP contribution is 2.27. The van der Waals surface area contributed by atoms with E-state index in [-0.39, 0.29) is 5.69 Å². The number of aryl methyl sites for hydroxylation is 2. The Labute approximate surface area is 137 Å². The predicted octanol–water partition coefficient (Wildman–Crippen LogP) is 3.56. The van der Waals surface area contributed by atoms with Crippen LogP contribution in [-0.4, -0.2) is 26.9 Å². The van der Waals surface area contributed by atoms with E-state index in [2.05, 4.69) is 20.3 Å². The van der Waals surface area contributed by atoms with Gasteiger partial charge in [0.25, 0.3) is 5.91 Å². The second-order valence-corrected chi connectivity index (χ2v) is 5.89. The number of amides is 1. The highest BCUT2D eigenvalue weighted by molar-refractivity contribution is 7.19. The lowest BCUT2D eigenvalue weighted by Crippen LogP contribution is -2.17. The molecule has 3 rings (SSSR count). The predicted molar refractivity (Wildman–Crippen MR) is 81.4 cm³/mol. The van der Waals surface area contributed by atoms with Gasteiger partial charge in [-0.25, -0.2) is 0 Å². The van der Waals surface area contributed by atoms with Crippen LogP contribution < -0.4 is 10.1 Å². The fourth-order valence-electron chi connectivity index (χ4n) is 2.23. The van der Waals surface area contributed by atoms with Crippen LogP contribution in [0.2, 0.25) is 0 Å². The summed E-state index contributed by atoms with van der Waals surface area (Å²) in [5, 5.41) is 10.4. The smallest absolute Gasteiger partial charge is 0.406 e. The molecule has 10 heteroatoms. The van der Waals surface area contributed by atoms with E-state index >= 15 is 0 Å². The first-order chi connectivity index (χ1) is 11.2. The summed E-state index contributed by atoms with van der Waals surface area (Å²) in [7, 11) is 0. The Morgan fingerprint density at radius 3 is 2.71 bits per heavy atom. The largest absolute Gasteiger partial charge is 0.573 e. The Bertz CT molecular complexity index is 917. The molecular weight excluding hydrogens is 345 g/mol. The Morgan fingerprint density at radius 2 is 2.04 bits per heavy atom. The minimum Gasteiger partial charge on any atom is -0.406 e. The van der Waals surface area contributed by atoms with Gasteiger partial charge in [-0.3, -0.25) is 9.20 Å². The van der Waals surface area contributed by atoms with Gasteiger partial charge in [0.15, 0.2) is 0 Å². The van der Waals surface area contributed by atoms with Crippen LogP contribution in [0.3, 0.4) is 0 Å². The molecule has 0 fully saturated rings. The molecule has 6 nitrogen and oxygen atoms in total. The minimum absolute atomic E-state index is 0.196. The zero-order valence-electron chi connectivity index (χ0n) is 12.5. The van der Waals surface area contributed by atoms with Crippen molar-refractivity contribution in [2.24, 2.45) is 0 Å². The summed E-state index contributed by atoms with van der Waals surface area (Å²) in [6, 6.07) is 5.09. The molecule has 126 valence electrons. The molecule has 0 aliphatic rings. The number of thiazole rings is 1. The fraction of sp³-hybridized carbons (Fsp3) is 0.214. The Balaban J connectivity index is 1.84. The lowest BCUT2D eigenvalue weighted by atomic mass is 10.3. The van der Waals surface area contributed by atoms with Crippen molar-refractivity contribution < 1.29 is 22.7 Å². The average Bonchev–Trinajstić information content (AvgIpc) is 2.99. The van der Waals surface area contributed by atoms with E-state index in [0.29, 0.717) is 21.4 Å². The molecule has 24 heavy (non-hydrogen) atoms. The van der Waals surface area contributed by atoms with Gasteiger partial charge in [0.05, 0.1) is 0 Å². The number of hydrogen-bond acceptors (Lipinski definition) is 5. The number of ether oxygens (including phenoxy) is 1. The molecule has 2 heterocycles. The number of aromatic nitrogens is 3. The number of fused-ring (bicyclic) bond motifs is 1. The number of nitrogens with zero attached hydrogens (tertiary/aromatic N) is 3. The third-order valence-electron chi connectivity index (χ3n) is 3.18. The maximum Gasteiger partial charge on any atom is 0.573 e. The molecule has 1 amide bonds. The van der Waals surface area contributed by atoms with Crippen molar-refractivity contribution in [3.8, 4) is 5.75 Å². The third kappa shape index (κ3) is 3.18. The quantitative estimate of drug-likeness (QED) is 0.779. The Morgan fingerprint density at radius 1 is 1.29 bits per heavy atom. The first-order valence-electron chi connectivity index (χ1n) is 6.73. The van der Waals surface area contributed by atoms with Gasteiger partial charge in [-0.15, -0.1) is 23.4 Å². The second-order valence-electron chi connectivity index (χ2n) is 4.91. The fourth-order valence-corrected chi connectivity index (χ4v) is 3.24. The van der Waals surface area contributed by atoms with Crippen LogP contribution in [0.5, 0.6) is 5.75 Å². The summed E-state index contributed by atoms with van der Waals surface area (Å²) in [6.45, 7) is 3.51. The van der Waals surface area contributed by atoms with Gasteiger partial charge < -0.3 is 10.1 Å². The van der Waals surface area contributed by atoms with Crippen LogP contribution in [0, 0.1) is 13.8 Å². The third-order valence-corrected chi connectivity index (χ3v) is 4.32. The van der Waals surface area contributed by atoms with E-state index in [0.717, 1.165) is 23.5 Å². The molecule has 0 atom stereocenters. The molecule has 0 aliphatic heterocycles. The molecule has 0 unspecified atom stereocenters. The summed E-state index contributed by atoms with van der Waals surface area (Å²) in [5.41, 5.74) is 0.861. The zero-order chi connectivity index (χ0) is 17.5. The van der Waals surface area contributed by atoms with Gasteiger partial charge in [0, 0.05) is 17.4 Å².